The molecule has 0 aliphatic heterocycles. The molecule has 0 aliphatic carbocycles. The van der Waals surface area contributed by atoms with Crippen LogP contribution in [0.3, 0.4) is 0 Å². The van der Waals surface area contributed by atoms with Crippen LogP contribution in [0.25, 0.3) is 23.3 Å². The van der Waals surface area contributed by atoms with Gasteiger partial charge in [-0.1, -0.05) is 0 Å². The van der Waals surface area contributed by atoms with E-state index in [-0.39, 0.29) is 0 Å². The van der Waals surface area contributed by atoms with E-state index in [4.69, 9.17) is 0 Å². The number of hydrogen-bond donors (Lipinski definition) is 0. The third-order valence-corrected chi connectivity index (χ3v) is 4.86. The molecular formula is C18H14Se. The fourth-order valence-electron chi connectivity index (χ4n) is 2.04. The molecule has 0 amide bonds. The average molecular weight is 309 g/mol. The van der Waals surface area contributed by atoms with Gasteiger partial charge < -0.3 is 0 Å². The summed E-state index contributed by atoms with van der Waals surface area (Å²) < 4.78 is 1.45. The van der Waals surface area contributed by atoms with Crippen molar-refractivity contribution in [3.63, 3.8) is 0 Å². The van der Waals surface area contributed by atoms with Gasteiger partial charge in [0.2, 0.25) is 0 Å². The van der Waals surface area contributed by atoms with Gasteiger partial charge in [-0.15, -0.1) is 0 Å². The second-order valence-electron chi connectivity index (χ2n) is 4.31. The van der Waals surface area contributed by atoms with E-state index in [1.807, 2.05) is 6.07 Å². The molecule has 0 saturated heterocycles. The third-order valence-electron chi connectivity index (χ3n) is 3.01. The summed E-state index contributed by atoms with van der Waals surface area (Å²) in [6.07, 6.45) is 4.46. The van der Waals surface area contributed by atoms with Crippen molar-refractivity contribution in [1.29, 1.82) is 0 Å². The molecule has 0 atom stereocenters. The van der Waals surface area contributed by atoms with Crippen LogP contribution in [0.4, 0.5) is 0 Å². The van der Waals surface area contributed by atoms with Crippen LogP contribution in [0.15, 0.2) is 71.7 Å². The molecule has 1 heterocycles. The van der Waals surface area contributed by atoms with Crippen molar-refractivity contribution in [2.45, 2.75) is 0 Å². The molecule has 0 fully saturated rings. The molecule has 0 saturated carbocycles. The number of hydrogen-bond acceptors (Lipinski definition) is 0. The maximum absolute atomic E-state index is 2.29. The van der Waals surface area contributed by atoms with Crippen molar-refractivity contribution >= 4 is 26.7 Å². The zero-order valence-electron chi connectivity index (χ0n) is 10.5. The van der Waals surface area contributed by atoms with Gasteiger partial charge >= 0.3 is 119 Å². The molecule has 3 aromatic rings. The molecule has 1 heteroatoms. The second-order valence-corrected chi connectivity index (χ2v) is 6.30. The number of benzene rings is 2. The summed E-state index contributed by atoms with van der Waals surface area (Å²) in [5.41, 5.74) is 3.93. The van der Waals surface area contributed by atoms with Gasteiger partial charge in [0.15, 0.2) is 0 Å². The van der Waals surface area contributed by atoms with Gasteiger partial charge in [0.1, 0.15) is 0 Å². The predicted octanol–water partition coefficient (Wildman–Crippen LogP) is 4.58. The Balaban J connectivity index is 1.91. The van der Waals surface area contributed by atoms with E-state index in [1.54, 1.807) is 0 Å². The zero-order chi connectivity index (χ0) is 12.9. The second kappa shape index (κ2) is 5.88. The molecule has 0 spiro atoms. The quantitative estimate of drug-likeness (QED) is 0.621. The molecule has 0 aliphatic rings. The van der Waals surface area contributed by atoms with E-state index in [9.17, 15) is 0 Å². The molecule has 1 aromatic heterocycles. The van der Waals surface area contributed by atoms with Crippen molar-refractivity contribution in [2.75, 3.05) is 0 Å². The molecule has 92 valence electrons. The van der Waals surface area contributed by atoms with Crippen molar-refractivity contribution in [3.05, 3.63) is 81.7 Å². The van der Waals surface area contributed by atoms with Crippen molar-refractivity contribution in [2.24, 2.45) is 0 Å². The Morgan fingerprint density at radius 3 is 2.11 bits per heavy atom. The van der Waals surface area contributed by atoms with Gasteiger partial charge in [-0.05, 0) is 0 Å². The molecule has 0 unspecified atom stereocenters. The van der Waals surface area contributed by atoms with Crippen LogP contribution < -0.4 is 0 Å². The minimum absolute atomic E-state index is 0.455. The van der Waals surface area contributed by atoms with Crippen LogP contribution in [0.5, 0.6) is 0 Å². The fourth-order valence-corrected chi connectivity index (χ4v) is 3.74. The Bertz CT molecular complexity index is 663. The van der Waals surface area contributed by atoms with Crippen LogP contribution in [0, 0.1) is 0 Å². The van der Waals surface area contributed by atoms with Crippen LogP contribution in [0.2, 0.25) is 0 Å². The van der Waals surface area contributed by atoms with Crippen molar-refractivity contribution in [1.82, 2.24) is 0 Å². The van der Waals surface area contributed by atoms with Gasteiger partial charge in [-0.25, -0.2) is 0 Å². The fraction of sp³-hybridized carbons (Fsp3) is 0. The molecule has 2 aromatic carbocycles. The molecule has 0 radical (unpaired) electrons. The zero-order valence-corrected chi connectivity index (χ0v) is 12.2. The maximum atomic E-state index is 2.29. The Hall–Kier alpha value is -1.82. The first kappa shape index (κ1) is 12.2. The molecule has 0 N–H and O–H groups in total. The van der Waals surface area contributed by atoms with Crippen molar-refractivity contribution in [3.8, 4) is 11.1 Å². The van der Waals surface area contributed by atoms with Crippen molar-refractivity contribution < 1.29 is 0 Å². The van der Waals surface area contributed by atoms with E-state index in [0.29, 0.717) is 14.5 Å². The molecule has 3 rings (SSSR count). The first-order chi connectivity index (χ1) is 9.43. The summed E-state index contributed by atoms with van der Waals surface area (Å²) in [5, 5.41) is 0. The van der Waals surface area contributed by atoms with Crippen LogP contribution in [0.1, 0.15) is 10.0 Å². The molecular weight excluding hydrogens is 295 g/mol. The first-order valence-electron chi connectivity index (χ1n) is 6.29. The average Bonchev–Trinajstić information content (AvgIpc) is 2.95. The van der Waals surface area contributed by atoms with Gasteiger partial charge in [0, 0.05) is 0 Å². The minimum atomic E-state index is 0.455. The standard InChI is InChI=1S/C18H14Se/c1-3-7-15(8-4-1)11-12-18-17(13-14-19-18)16-9-5-2-6-10-16/h1-14H/b12-11-. The Labute approximate surface area is 119 Å². The van der Waals surface area contributed by atoms with Crippen LogP contribution in [-0.2, 0) is 0 Å². The topological polar surface area (TPSA) is 0 Å². The SMILES string of the molecule is C(=C/c1[se]ccc1-c1ccccc1)/c1ccccc1. The molecule has 0 bridgehead atoms. The summed E-state index contributed by atoms with van der Waals surface area (Å²) in [5.74, 6) is 0. The van der Waals surface area contributed by atoms with E-state index in [1.165, 1.54) is 21.1 Å². The van der Waals surface area contributed by atoms with E-state index < -0.39 is 0 Å². The first-order valence-corrected chi connectivity index (χ1v) is 8.14. The summed E-state index contributed by atoms with van der Waals surface area (Å²) >= 11 is 0.455. The van der Waals surface area contributed by atoms with E-state index in [2.05, 4.69) is 77.8 Å². The van der Waals surface area contributed by atoms with Gasteiger partial charge in [0.25, 0.3) is 0 Å². The Morgan fingerprint density at radius 1 is 0.684 bits per heavy atom. The Kier molecular flexibility index (Phi) is 3.78. The van der Waals surface area contributed by atoms with Crippen LogP contribution >= 0.6 is 0 Å². The molecule has 19 heavy (non-hydrogen) atoms. The summed E-state index contributed by atoms with van der Waals surface area (Å²) in [4.78, 5) is 2.29. The normalized spacial score (nSPS) is 10.9. The van der Waals surface area contributed by atoms with E-state index in [0.717, 1.165) is 0 Å². The summed E-state index contributed by atoms with van der Waals surface area (Å²) in [6.45, 7) is 0. The summed E-state index contributed by atoms with van der Waals surface area (Å²) in [6, 6.07) is 23.3. The summed E-state index contributed by atoms with van der Waals surface area (Å²) in [7, 11) is 0. The Morgan fingerprint density at radius 2 is 1.37 bits per heavy atom. The van der Waals surface area contributed by atoms with Crippen LogP contribution in [-0.4, -0.2) is 14.5 Å². The monoisotopic (exact) mass is 310 g/mol. The van der Waals surface area contributed by atoms with Gasteiger partial charge in [-0.2, -0.15) is 0 Å². The predicted molar refractivity (Wildman–Crippen MR) is 84.2 cm³/mol. The molecule has 0 nitrogen and oxygen atoms in total. The van der Waals surface area contributed by atoms with E-state index >= 15 is 0 Å². The van der Waals surface area contributed by atoms with Gasteiger partial charge in [-0.3, -0.25) is 0 Å². The third kappa shape index (κ3) is 2.95. The number of rotatable bonds is 3. The van der Waals surface area contributed by atoms with Gasteiger partial charge in [0.05, 0.1) is 0 Å².